The van der Waals surface area contributed by atoms with Crippen LogP contribution in [0.25, 0.3) is 0 Å². The molecule has 0 aromatic heterocycles. The van der Waals surface area contributed by atoms with Crippen LogP contribution in [-0.2, 0) is 14.6 Å². The number of amides is 2. The van der Waals surface area contributed by atoms with Crippen molar-refractivity contribution >= 4 is 21.8 Å². The lowest BCUT2D eigenvalue weighted by Gasteiger charge is -2.14. The summed E-state index contributed by atoms with van der Waals surface area (Å²) in [7, 11) is -3.26. The van der Waals surface area contributed by atoms with E-state index in [0.29, 0.717) is 12.6 Å². The number of hydrogen-bond donors (Lipinski definition) is 4. The highest BCUT2D eigenvalue weighted by Gasteiger charge is 2.22. The zero-order chi connectivity index (χ0) is 15.9. The molecule has 1 fully saturated rings. The molecule has 1 aliphatic rings. The van der Waals surface area contributed by atoms with Crippen molar-refractivity contribution in [1.82, 2.24) is 16.0 Å². The molecule has 0 bridgehead atoms. The summed E-state index contributed by atoms with van der Waals surface area (Å²) in [4.78, 5) is 22.5. The standard InChI is InChI=1S/C12H23N3O5S/c1-21(19,20)8-5-10(11(16)17)15-12(18)14-7-2-6-13-9-3-4-9/h9-10,13H,2-8H2,1H3,(H,16,17)(H2,14,15,18). The van der Waals surface area contributed by atoms with Crippen molar-refractivity contribution < 1.29 is 23.1 Å². The Bertz CT molecular complexity index is 462. The van der Waals surface area contributed by atoms with Gasteiger partial charge in [-0.25, -0.2) is 18.0 Å². The largest absolute Gasteiger partial charge is 0.480 e. The van der Waals surface area contributed by atoms with Crippen LogP contribution < -0.4 is 16.0 Å². The molecule has 0 aromatic rings. The van der Waals surface area contributed by atoms with Crippen LogP contribution in [0, 0.1) is 0 Å². The molecule has 1 aliphatic carbocycles. The molecule has 0 radical (unpaired) electrons. The quantitative estimate of drug-likeness (QED) is 0.395. The molecule has 0 spiro atoms. The highest BCUT2D eigenvalue weighted by atomic mass is 32.2. The van der Waals surface area contributed by atoms with Crippen LogP contribution in [0.15, 0.2) is 0 Å². The predicted molar refractivity (Wildman–Crippen MR) is 77.9 cm³/mol. The van der Waals surface area contributed by atoms with Crippen molar-refractivity contribution in [1.29, 1.82) is 0 Å². The minimum Gasteiger partial charge on any atom is -0.480 e. The number of sulfone groups is 1. The molecular formula is C12H23N3O5S. The maximum absolute atomic E-state index is 11.5. The number of carboxylic acid groups (broad SMARTS) is 1. The molecule has 0 heterocycles. The lowest BCUT2D eigenvalue weighted by Crippen LogP contribution is -2.47. The third-order valence-corrected chi connectivity index (χ3v) is 4.01. The molecular weight excluding hydrogens is 298 g/mol. The van der Waals surface area contributed by atoms with Crippen molar-refractivity contribution in [2.24, 2.45) is 0 Å². The van der Waals surface area contributed by atoms with Crippen LogP contribution in [0.3, 0.4) is 0 Å². The van der Waals surface area contributed by atoms with Crippen LogP contribution in [0.2, 0.25) is 0 Å². The highest BCUT2D eigenvalue weighted by Crippen LogP contribution is 2.18. The van der Waals surface area contributed by atoms with Crippen molar-refractivity contribution in [3.63, 3.8) is 0 Å². The van der Waals surface area contributed by atoms with Gasteiger partial charge in [-0.3, -0.25) is 0 Å². The number of aliphatic carboxylic acids is 1. The number of nitrogens with one attached hydrogen (secondary N) is 3. The number of hydrogen-bond acceptors (Lipinski definition) is 5. The molecule has 0 aromatic carbocycles. The lowest BCUT2D eigenvalue weighted by molar-refractivity contribution is -0.139. The van der Waals surface area contributed by atoms with Crippen LogP contribution >= 0.6 is 0 Å². The number of carbonyl (C=O) groups is 2. The van der Waals surface area contributed by atoms with Gasteiger partial charge in [-0.1, -0.05) is 0 Å². The molecule has 8 nitrogen and oxygen atoms in total. The van der Waals surface area contributed by atoms with Gasteiger partial charge in [-0.05, 0) is 32.2 Å². The first-order valence-electron chi connectivity index (χ1n) is 6.96. The van der Waals surface area contributed by atoms with E-state index in [0.717, 1.165) is 19.2 Å². The van der Waals surface area contributed by atoms with Crippen molar-refractivity contribution in [2.45, 2.75) is 37.8 Å². The van der Waals surface area contributed by atoms with E-state index in [4.69, 9.17) is 5.11 Å². The van der Waals surface area contributed by atoms with Gasteiger partial charge < -0.3 is 21.1 Å². The Hall–Kier alpha value is -1.35. The van der Waals surface area contributed by atoms with Gasteiger partial charge in [0, 0.05) is 18.8 Å². The summed E-state index contributed by atoms with van der Waals surface area (Å²) in [5.41, 5.74) is 0. The second kappa shape index (κ2) is 8.18. The third-order valence-electron chi connectivity index (χ3n) is 3.03. The van der Waals surface area contributed by atoms with Gasteiger partial charge in [-0.2, -0.15) is 0 Å². The molecule has 1 saturated carbocycles. The second-order valence-electron chi connectivity index (χ2n) is 5.29. The summed E-state index contributed by atoms with van der Waals surface area (Å²) in [6.45, 7) is 1.24. The zero-order valence-corrected chi connectivity index (χ0v) is 12.9. The molecule has 1 unspecified atom stereocenters. The molecule has 1 atom stereocenters. The average molecular weight is 321 g/mol. The summed E-state index contributed by atoms with van der Waals surface area (Å²) >= 11 is 0. The SMILES string of the molecule is CS(=O)(=O)CCC(NC(=O)NCCCNC1CC1)C(=O)O. The fraction of sp³-hybridized carbons (Fsp3) is 0.833. The normalized spacial score (nSPS) is 16.2. The molecule has 2 amide bonds. The summed E-state index contributed by atoms with van der Waals surface area (Å²) in [6, 6.07) is -1.18. The Morgan fingerprint density at radius 3 is 2.48 bits per heavy atom. The highest BCUT2D eigenvalue weighted by molar-refractivity contribution is 7.90. The maximum Gasteiger partial charge on any atom is 0.326 e. The van der Waals surface area contributed by atoms with E-state index in [1.165, 1.54) is 12.8 Å². The first kappa shape index (κ1) is 17.7. The predicted octanol–water partition coefficient (Wildman–Crippen LogP) is -0.684. The van der Waals surface area contributed by atoms with Gasteiger partial charge in [0.25, 0.3) is 0 Å². The molecule has 21 heavy (non-hydrogen) atoms. The van der Waals surface area contributed by atoms with E-state index < -0.39 is 27.9 Å². The zero-order valence-electron chi connectivity index (χ0n) is 12.1. The number of urea groups is 1. The van der Waals surface area contributed by atoms with Crippen molar-refractivity contribution in [3.05, 3.63) is 0 Å². The molecule has 1 rings (SSSR count). The third kappa shape index (κ3) is 9.24. The van der Waals surface area contributed by atoms with Gasteiger partial charge >= 0.3 is 12.0 Å². The van der Waals surface area contributed by atoms with Crippen LogP contribution in [-0.4, -0.2) is 62.7 Å². The van der Waals surface area contributed by atoms with E-state index in [-0.39, 0.29) is 12.2 Å². The average Bonchev–Trinajstić information content (AvgIpc) is 3.16. The van der Waals surface area contributed by atoms with E-state index >= 15 is 0 Å². The Balaban J connectivity index is 2.19. The van der Waals surface area contributed by atoms with E-state index in [9.17, 15) is 18.0 Å². The molecule has 122 valence electrons. The maximum atomic E-state index is 11.5. The molecule has 0 aliphatic heterocycles. The smallest absolute Gasteiger partial charge is 0.326 e. The van der Waals surface area contributed by atoms with Gasteiger partial charge in [0.2, 0.25) is 0 Å². The summed E-state index contributed by atoms with van der Waals surface area (Å²) < 4.78 is 22.0. The van der Waals surface area contributed by atoms with Crippen molar-refractivity contribution in [2.75, 3.05) is 25.1 Å². The Kier molecular flexibility index (Phi) is 6.90. The van der Waals surface area contributed by atoms with Gasteiger partial charge in [-0.15, -0.1) is 0 Å². The Morgan fingerprint density at radius 1 is 1.29 bits per heavy atom. The minimum absolute atomic E-state index is 0.148. The second-order valence-corrected chi connectivity index (χ2v) is 7.55. The minimum atomic E-state index is -3.26. The Morgan fingerprint density at radius 2 is 1.95 bits per heavy atom. The summed E-state index contributed by atoms with van der Waals surface area (Å²) in [5, 5.41) is 17.1. The number of carbonyl (C=O) groups excluding carboxylic acids is 1. The number of carboxylic acids is 1. The van der Waals surface area contributed by atoms with Crippen LogP contribution in [0.5, 0.6) is 0 Å². The fourth-order valence-corrected chi connectivity index (χ4v) is 2.35. The van der Waals surface area contributed by atoms with Crippen LogP contribution in [0.4, 0.5) is 4.79 Å². The monoisotopic (exact) mass is 321 g/mol. The molecule has 9 heteroatoms. The first-order valence-corrected chi connectivity index (χ1v) is 9.02. The van der Waals surface area contributed by atoms with Gasteiger partial charge in [0.1, 0.15) is 15.9 Å². The molecule has 0 saturated heterocycles. The molecule has 4 N–H and O–H groups in total. The van der Waals surface area contributed by atoms with E-state index in [1.807, 2.05) is 0 Å². The van der Waals surface area contributed by atoms with E-state index in [2.05, 4.69) is 16.0 Å². The first-order chi connectivity index (χ1) is 9.78. The topological polar surface area (TPSA) is 125 Å². The fourth-order valence-electron chi connectivity index (χ4n) is 1.68. The van der Waals surface area contributed by atoms with E-state index in [1.54, 1.807) is 0 Å². The lowest BCUT2D eigenvalue weighted by atomic mass is 10.2. The van der Waals surface area contributed by atoms with Gasteiger partial charge in [0.05, 0.1) is 5.75 Å². The number of rotatable bonds is 10. The van der Waals surface area contributed by atoms with Crippen molar-refractivity contribution in [3.8, 4) is 0 Å². The van der Waals surface area contributed by atoms with Gasteiger partial charge in [0.15, 0.2) is 0 Å². The summed E-state index contributed by atoms with van der Waals surface area (Å²) in [6.07, 6.45) is 4.04. The summed E-state index contributed by atoms with van der Waals surface area (Å²) in [5.74, 6) is -1.53. The van der Waals surface area contributed by atoms with Crippen LogP contribution in [0.1, 0.15) is 25.7 Å². The Labute approximate surface area is 124 Å².